The zero-order valence-corrected chi connectivity index (χ0v) is 17.8. The largest absolute Gasteiger partial charge is 0.407 e. The van der Waals surface area contributed by atoms with Crippen molar-refractivity contribution >= 4 is 23.0 Å². The SMILES string of the molecule is [C-]#[N+]c1ccc(N(Cc2ccccc2Cl)[C@H]2CCN(CC(C)C)C2)cc1C(F)(F)F. The van der Waals surface area contributed by atoms with Crippen molar-refractivity contribution in [3.63, 3.8) is 0 Å². The first kappa shape index (κ1) is 22.5. The van der Waals surface area contributed by atoms with Crippen molar-refractivity contribution in [1.29, 1.82) is 0 Å². The van der Waals surface area contributed by atoms with Gasteiger partial charge in [0, 0.05) is 42.9 Å². The number of nitrogens with zero attached hydrogens (tertiary/aromatic N) is 3. The molecule has 0 bridgehead atoms. The Morgan fingerprint density at radius 3 is 2.60 bits per heavy atom. The summed E-state index contributed by atoms with van der Waals surface area (Å²) >= 11 is 6.35. The Labute approximate surface area is 180 Å². The van der Waals surface area contributed by atoms with Crippen LogP contribution in [0.2, 0.25) is 5.02 Å². The van der Waals surface area contributed by atoms with E-state index in [4.69, 9.17) is 18.2 Å². The molecule has 3 rings (SSSR count). The van der Waals surface area contributed by atoms with Gasteiger partial charge < -0.3 is 9.80 Å². The van der Waals surface area contributed by atoms with Gasteiger partial charge in [0.15, 0.2) is 5.69 Å². The highest BCUT2D eigenvalue weighted by Gasteiger charge is 2.35. The number of hydrogen-bond acceptors (Lipinski definition) is 2. The van der Waals surface area contributed by atoms with Gasteiger partial charge in [-0.25, -0.2) is 4.85 Å². The second kappa shape index (κ2) is 9.28. The molecule has 0 spiro atoms. The van der Waals surface area contributed by atoms with Crippen molar-refractivity contribution < 1.29 is 13.2 Å². The number of rotatable bonds is 6. The first-order valence-electron chi connectivity index (χ1n) is 10.00. The molecule has 1 fully saturated rings. The maximum absolute atomic E-state index is 13.6. The molecule has 0 amide bonds. The number of hydrogen-bond donors (Lipinski definition) is 0. The van der Waals surface area contributed by atoms with Crippen molar-refractivity contribution in [3.05, 3.63) is 70.0 Å². The average Bonchev–Trinajstić information content (AvgIpc) is 3.13. The van der Waals surface area contributed by atoms with E-state index in [1.807, 2.05) is 23.1 Å². The molecule has 1 aliphatic heterocycles. The zero-order valence-electron chi connectivity index (χ0n) is 17.1. The van der Waals surface area contributed by atoms with Gasteiger partial charge in [0.05, 0.1) is 12.1 Å². The van der Waals surface area contributed by atoms with Crippen molar-refractivity contribution in [2.45, 2.75) is 39.0 Å². The van der Waals surface area contributed by atoms with Gasteiger partial charge in [0.1, 0.15) is 0 Å². The van der Waals surface area contributed by atoms with Gasteiger partial charge >= 0.3 is 6.18 Å². The quantitative estimate of drug-likeness (QED) is 0.470. The van der Waals surface area contributed by atoms with E-state index in [1.54, 1.807) is 12.1 Å². The van der Waals surface area contributed by atoms with E-state index >= 15 is 0 Å². The summed E-state index contributed by atoms with van der Waals surface area (Å²) in [4.78, 5) is 7.42. The lowest BCUT2D eigenvalue weighted by Gasteiger charge is -2.33. The van der Waals surface area contributed by atoms with Gasteiger partial charge in [-0.05, 0) is 36.1 Å². The lowest BCUT2D eigenvalue weighted by molar-refractivity contribution is -0.136. The summed E-state index contributed by atoms with van der Waals surface area (Å²) in [5, 5.41) is 0.591. The molecule has 30 heavy (non-hydrogen) atoms. The fourth-order valence-corrected chi connectivity index (χ4v) is 4.21. The van der Waals surface area contributed by atoms with Crippen LogP contribution in [0.5, 0.6) is 0 Å². The van der Waals surface area contributed by atoms with Crippen LogP contribution in [0.15, 0.2) is 42.5 Å². The zero-order chi connectivity index (χ0) is 21.9. The number of likely N-dealkylation sites (tertiary alicyclic amines) is 1. The molecule has 1 heterocycles. The molecular weight excluding hydrogens is 411 g/mol. The normalized spacial score (nSPS) is 17.3. The monoisotopic (exact) mass is 435 g/mol. The van der Waals surface area contributed by atoms with Crippen molar-refractivity contribution in [3.8, 4) is 0 Å². The van der Waals surface area contributed by atoms with E-state index in [0.29, 0.717) is 23.2 Å². The molecule has 0 saturated carbocycles. The summed E-state index contributed by atoms with van der Waals surface area (Å²) in [5.41, 5.74) is 0.0586. The van der Waals surface area contributed by atoms with Crippen molar-refractivity contribution in [2.24, 2.45) is 5.92 Å². The molecular formula is C23H25ClF3N3. The van der Waals surface area contributed by atoms with E-state index in [1.165, 1.54) is 6.07 Å². The second-order valence-corrected chi connectivity index (χ2v) is 8.53. The van der Waals surface area contributed by atoms with Crippen LogP contribution >= 0.6 is 11.6 Å². The Balaban J connectivity index is 1.98. The highest BCUT2D eigenvalue weighted by Crippen LogP contribution is 2.40. The molecule has 0 aromatic heterocycles. The first-order valence-corrected chi connectivity index (χ1v) is 10.4. The van der Waals surface area contributed by atoms with E-state index in [9.17, 15) is 13.2 Å². The number of halogens is 4. The predicted molar refractivity (Wildman–Crippen MR) is 115 cm³/mol. The summed E-state index contributed by atoms with van der Waals surface area (Å²) in [6, 6.07) is 11.5. The standard InChI is InChI=1S/C23H25ClF3N3/c1-16(2)13-29-11-10-19(15-29)30(14-17-6-4-5-7-21(17)24)18-8-9-22(28-3)20(12-18)23(25,26)27/h4-9,12,16,19H,10-11,13-15H2,1-2H3/t19-/m0/s1. The molecule has 7 heteroatoms. The third-order valence-electron chi connectivity index (χ3n) is 5.35. The van der Waals surface area contributed by atoms with Crippen LogP contribution in [0.25, 0.3) is 4.85 Å². The van der Waals surface area contributed by atoms with Gasteiger partial charge in [-0.3, -0.25) is 0 Å². The third kappa shape index (κ3) is 5.27. The Hall–Kier alpha value is -2.23. The molecule has 1 saturated heterocycles. The Bertz CT molecular complexity index is 921. The number of alkyl halides is 3. The Kier molecular flexibility index (Phi) is 6.95. The summed E-state index contributed by atoms with van der Waals surface area (Å²) in [7, 11) is 0. The Morgan fingerprint density at radius 1 is 1.23 bits per heavy atom. The molecule has 1 aliphatic rings. The molecule has 1 atom stereocenters. The maximum Gasteiger partial charge on any atom is 0.407 e. The molecule has 0 radical (unpaired) electrons. The molecule has 2 aromatic rings. The van der Waals surface area contributed by atoms with Crippen LogP contribution in [-0.4, -0.2) is 30.6 Å². The smallest absolute Gasteiger partial charge is 0.363 e. The van der Waals surface area contributed by atoms with Crippen molar-refractivity contribution in [1.82, 2.24) is 4.90 Å². The second-order valence-electron chi connectivity index (χ2n) is 8.13. The lowest BCUT2D eigenvalue weighted by atomic mass is 10.1. The number of anilines is 1. The highest BCUT2D eigenvalue weighted by atomic mass is 35.5. The minimum atomic E-state index is -4.58. The summed E-state index contributed by atoms with van der Waals surface area (Å²) in [6.45, 7) is 14.5. The first-order chi connectivity index (χ1) is 14.2. The van der Waals surface area contributed by atoms with Gasteiger partial charge in [0.2, 0.25) is 0 Å². The van der Waals surface area contributed by atoms with Crippen LogP contribution < -0.4 is 4.90 Å². The summed E-state index contributed by atoms with van der Waals surface area (Å²) in [5.74, 6) is 0.524. The number of benzene rings is 2. The van der Waals surface area contributed by atoms with Crippen molar-refractivity contribution in [2.75, 3.05) is 24.5 Å². The van der Waals surface area contributed by atoms with Gasteiger partial charge in [-0.2, -0.15) is 13.2 Å². The predicted octanol–water partition coefficient (Wildman–Crippen LogP) is 6.65. The molecule has 0 N–H and O–H groups in total. The lowest BCUT2D eigenvalue weighted by Crippen LogP contribution is -2.38. The minimum absolute atomic E-state index is 0.0693. The van der Waals surface area contributed by atoms with E-state index in [-0.39, 0.29) is 11.7 Å². The van der Waals surface area contributed by atoms with Gasteiger partial charge in [0.25, 0.3) is 0 Å². The van der Waals surface area contributed by atoms with E-state index in [0.717, 1.165) is 37.7 Å². The molecule has 3 nitrogen and oxygen atoms in total. The third-order valence-corrected chi connectivity index (χ3v) is 5.72. The van der Waals surface area contributed by atoms with Gasteiger partial charge in [-0.1, -0.05) is 49.7 Å². The highest BCUT2D eigenvalue weighted by molar-refractivity contribution is 6.31. The maximum atomic E-state index is 13.6. The van der Waals surface area contributed by atoms with Crippen LogP contribution in [-0.2, 0) is 12.7 Å². The molecule has 160 valence electrons. The fraction of sp³-hybridized carbons (Fsp3) is 0.435. The van der Waals surface area contributed by atoms with Crippen LogP contribution in [0.4, 0.5) is 24.5 Å². The topological polar surface area (TPSA) is 10.8 Å². The summed E-state index contributed by atoms with van der Waals surface area (Å²) < 4.78 is 40.7. The fourth-order valence-electron chi connectivity index (χ4n) is 4.02. The van der Waals surface area contributed by atoms with Crippen LogP contribution in [0.1, 0.15) is 31.4 Å². The Morgan fingerprint density at radius 2 is 1.97 bits per heavy atom. The van der Waals surface area contributed by atoms with E-state index < -0.39 is 11.7 Å². The molecule has 2 aromatic carbocycles. The van der Waals surface area contributed by atoms with Crippen LogP contribution in [0, 0.1) is 12.5 Å². The van der Waals surface area contributed by atoms with Crippen LogP contribution in [0.3, 0.4) is 0 Å². The average molecular weight is 436 g/mol. The molecule has 0 aliphatic carbocycles. The van der Waals surface area contributed by atoms with Gasteiger partial charge in [-0.15, -0.1) is 0 Å². The molecule has 0 unspecified atom stereocenters. The van der Waals surface area contributed by atoms with E-state index in [2.05, 4.69) is 23.6 Å². The summed E-state index contributed by atoms with van der Waals surface area (Å²) in [6.07, 6.45) is -3.71. The minimum Gasteiger partial charge on any atom is -0.363 e.